The molecule has 0 atom stereocenters. The van der Waals surface area contributed by atoms with Gasteiger partial charge in [-0.1, -0.05) is 72.4 Å². The number of anilines is 2. The highest BCUT2D eigenvalue weighted by molar-refractivity contribution is 7.99. The van der Waals surface area contributed by atoms with Crippen LogP contribution in [0.25, 0.3) is 22.6 Å². The fourth-order valence-electron chi connectivity index (χ4n) is 5.10. The number of benzene rings is 4. The SMILES string of the molecule is COc1ccc(C(=O)N2CCN(c3ccc(NC(=O)CSc4nc(-c5ccccc5)c(-c5ccccc5)o4)cc3)CC2)cc1. The first-order valence-electron chi connectivity index (χ1n) is 14.4. The number of nitrogens with one attached hydrogen (secondary N) is 1. The Morgan fingerprint density at radius 1 is 0.818 bits per heavy atom. The van der Waals surface area contributed by atoms with E-state index in [1.807, 2.05) is 89.8 Å². The molecule has 0 saturated carbocycles. The summed E-state index contributed by atoms with van der Waals surface area (Å²) in [7, 11) is 1.61. The Morgan fingerprint density at radius 3 is 2.09 bits per heavy atom. The Kier molecular flexibility index (Phi) is 8.93. The fourth-order valence-corrected chi connectivity index (χ4v) is 5.73. The van der Waals surface area contributed by atoms with E-state index >= 15 is 0 Å². The predicted molar refractivity (Wildman–Crippen MR) is 174 cm³/mol. The first kappa shape index (κ1) is 29.1. The molecule has 6 rings (SSSR count). The van der Waals surface area contributed by atoms with E-state index in [2.05, 4.69) is 10.2 Å². The molecular formula is C35H32N4O4S. The number of rotatable bonds is 9. The number of nitrogens with zero attached hydrogens (tertiary/aromatic N) is 3. The first-order valence-corrected chi connectivity index (χ1v) is 15.4. The highest BCUT2D eigenvalue weighted by Gasteiger charge is 2.23. The van der Waals surface area contributed by atoms with Crippen LogP contribution in [0.2, 0.25) is 0 Å². The summed E-state index contributed by atoms with van der Waals surface area (Å²) in [6.45, 7) is 2.74. The lowest BCUT2D eigenvalue weighted by Gasteiger charge is -2.36. The minimum Gasteiger partial charge on any atom is -0.497 e. The van der Waals surface area contributed by atoms with Crippen LogP contribution in [0.15, 0.2) is 119 Å². The minimum atomic E-state index is -0.144. The highest BCUT2D eigenvalue weighted by atomic mass is 32.2. The molecule has 1 aliphatic rings. The van der Waals surface area contributed by atoms with Gasteiger partial charge in [0.25, 0.3) is 11.1 Å². The van der Waals surface area contributed by atoms with Crippen molar-refractivity contribution in [2.24, 2.45) is 0 Å². The molecule has 0 spiro atoms. The van der Waals surface area contributed by atoms with Crippen molar-refractivity contribution in [3.05, 3.63) is 115 Å². The molecular weight excluding hydrogens is 572 g/mol. The van der Waals surface area contributed by atoms with Gasteiger partial charge in [-0.05, 0) is 48.5 Å². The summed E-state index contributed by atoms with van der Waals surface area (Å²) in [4.78, 5) is 34.5. The summed E-state index contributed by atoms with van der Waals surface area (Å²) in [6.07, 6.45) is 0. The lowest BCUT2D eigenvalue weighted by molar-refractivity contribution is -0.113. The molecule has 1 aliphatic heterocycles. The van der Waals surface area contributed by atoms with Gasteiger partial charge in [-0.15, -0.1) is 0 Å². The third kappa shape index (κ3) is 6.79. The zero-order valence-corrected chi connectivity index (χ0v) is 25.1. The minimum absolute atomic E-state index is 0.0283. The summed E-state index contributed by atoms with van der Waals surface area (Å²) in [6, 6.07) is 34.8. The van der Waals surface area contributed by atoms with Gasteiger partial charge in [0.15, 0.2) is 5.76 Å². The van der Waals surface area contributed by atoms with Gasteiger partial charge in [0, 0.05) is 54.2 Å². The van der Waals surface area contributed by atoms with Gasteiger partial charge >= 0.3 is 0 Å². The second-order valence-electron chi connectivity index (χ2n) is 10.3. The zero-order valence-electron chi connectivity index (χ0n) is 24.3. The van der Waals surface area contributed by atoms with Crippen molar-refractivity contribution < 1.29 is 18.7 Å². The van der Waals surface area contributed by atoms with E-state index in [9.17, 15) is 9.59 Å². The van der Waals surface area contributed by atoms with Gasteiger partial charge in [0.1, 0.15) is 11.4 Å². The number of piperazine rings is 1. The molecule has 2 heterocycles. The lowest BCUT2D eigenvalue weighted by Crippen LogP contribution is -2.48. The predicted octanol–water partition coefficient (Wildman–Crippen LogP) is 6.71. The zero-order chi connectivity index (χ0) is 30.3. The summed E-state index contributed by atoms with van der Waals surface area (Å²) in [5.41, 5.74) is 5.07. The van der Waals surface area contributed by atoms with Crippen molar-refractivity contribution in [2.75, 3.05) is 49.3 Å². The van der Waals surface area contributed by atoms with Crippen molar-refractivity contribution in [3.8, 4) is 28.3 Å². The van der Waals surface area contributed by atoms with Crippen LogP contribution in [0, 0.1) is 0 Å². The Hall–Kier alpha value is -5.02. The number of hydrogen-bond donors (Lipinski definition) is 1. The number of carbonyl (C=O) groups is 2. The average molecular weight is 605 g/mol. The number of methoxy groups -OCH3 is 1. The summed E-state index contributed by atoms with van der Waals surface area (Å²) < 4.78 is 11.3. The molecule has 9 heteroatoms. The third-order valence-corrected chi connectivity index (χ3v) is 8.27. The summed E-state index contributed by atoms with van der Waals surface area (Å²) in [5.74, 6) is 1.46. The Bertz CT molecular complexity index is 1640. The maximum Gasteiger partial charge on any atom is 0.257 e. The van der Waals surface area contributed by atoms with Crippen LogP contribution < -0.4 is 15.0 Å². The van der Waals surface area contributed by atoms with Crippen LogP contribution in [-0.4, -0.2) is 60.7 Å². The largest absolute Gasteiger partial charge is 0.497 e. The molecule has 1 aromatic heterocycles. The van der Waals surface area contributed by atoms with Crippen molar-refractivity contribution in [1.82, 2.24) is 9.88 Å². The highest BCUT2D eigenvalue weighted by Crippen LogP contribution is 2.35. The Labute approximate surface area is 260 Å². The van der Waals surface area contributed by atoms with Crippen molar-refractivity contribution in [2.45, 2.75) is 5.22 Å². The molecule has 5 aromatic rings. The summed E-state index contributed by atoms with van der Waals surface area (Å²) >= 11 is 1.26. The monoisotopic (exact) mass is 604 g/mol. The number of ether oxygens (including phenoxy) is 1. The standard InChI is InChI=1S/C35H32N4O4S/c1-42-30-18-12-27(13-19-30)34(41)39-22-20-38(21-23-39)29-16-14-28(15-17-29)36-31(40)24-44-35-37-32(25-8-4-2-5-9-25)33(43-35)26-10-6-3-7-11-26/h2-19H,20-24H2,1H3,(H,36,40). The van der Waals surface area contributed by atoms with Crippen molar-refractivity contribution in [3.63, 3.8) is 0 Å². The van der Waals surface area contributed by atoms with Gasteiger partial charge in [-0.2, -0.15) is 0 Å². The van der Waals surface area contributed by atoms with E-state index in [1.54, 1.807) is 31.4 Å². The Balaban J connectivity index is 1.02. The fraction of sp³-hybridized carbons (Fsp3) is 0.171. The van der Waals surface area contributed by atoms with E-state index in [-0.39, 0.29) is 17.6 Å². The third-order valence-electron chi connectivity index (χ3n) is 7.44. The lowest BCUT2D eigenvalue weighted by atomic mass is 10.1. The quantitative estimate of drug-likeness (QED) is 0.187. The van der Waals surface area contributed by atoms with E-state index in [1.165, 1.54) is 11.8 Å². The number of oxazole rings is 1. The second kappa shape index (κ2) is 13.5. The van der Waals surface area contributed by atoms with E-state index in [0.29, 0.717) is 29.6 Å². The maximum absolute atomic E-state index is 12.9. The summed E-state index contributed by atoms with van der Waals surface area (Å²) in [5, 5.41) is 3.41. The number of hydrogen-bond acceptors (Lipinski definition) is 7. The van der Waals surface area contributed by atoms with Crippen LogP contribution >= 0.6 is 11.8 Å². The molecule has 0 bridgehead atoms. The van der Waals surface area contributed by atoms with Gasteiger partial charge in [0.05, 0.1) is 12.9 Å². The molecule has 0 radical (unpaired) electrons. The van der Waals surface area contributed by atoms with E-state index in [4.69, 9.17) is 14.1 Å². The molecule has 0 unspecified atom stereocenters. The average Bonchev–Trinajstić information content (AvgIpc) is 3.53. The van der Waals surface area contributed by atoms with Gasteiger partial charge in [0.2, 0.25) is 5.91 Å². The van der Waals surface area contributed by atoms with Gasteiger partial charge in [-0.3, -0.25) is 9.59 Å². The molecule has 44 heavy (non-hydrogen) atoms. The molecule has 222 valence electrons. The van der Waals surface area contributed by atoms with Crippen LogP contribution in [0.1, 0.15) is 10.4 Å². The van der Waals surface area contributed by atoms with E-state index in [0.717, 1.165) is 47.0 Å². The normalized spacial score (nSPS) is 13.0. The van der Waals surface area contributed by atoms with Crippen LogP contribution in [0.5, 0.6) is 5.75 Å². The number of carbonyl (C=O) groups excluding carboxylic acids is 2. The first-order chi connectivity index (χ1) is 21.6. The van der Waals surface area contributed by atoms with Crippen molar-refractivity contribution in [1.29, 1.82) is 0 Å². The smallest absolute Gasteiger partial charge is 0.257 e. The van der Waals surface area contributed by atoms with Crippen LogP contribution in [-0.2, 0) is 4.79 Å². The van der Waals surface area contributed by atoms with Gasteiger partial charge in [-0.25, -0.2) is 4.98 Å². The van der Waals surface area contributed by atoms with Crippen molar-refractivity contribution >= 4 is 35.0 Å². The number of thioether (sulfide) groups is 1. The van der Waals surface area contributed by atoms with Crippen LogP contribution in [0.3, 0.4) is 0 Å². The molecule has 0 aliphatic carbocycles. The molecule has 4 aromatic carbocycles. The molecule has 1 fully saturated rings. The Morgan fingerprint density at radius 2 is 1.45 bits per heavy atom. The maximum atomic E-state index is 12.9. The van der Waals surface area contributed by atoms with Crippen LogP contribution in [0.4, 0.5) is 11.4 Å². The molecule has 2 amide bonds. The molecule has 1 saturated heterocycles. The topological polar surface area (TPSA) is 87.9 Å². The number of amides is 2. The second-order valence-corrected chi connectivity index (χ2v) is 11.2. The molecule has 8 nitrogen and oxygen atoms in total. The van der Waals surface area contributed by atoms with Gasteiger partial charge < -0.3 is 24.3 Å². The number of aromatic nitrogens is 1. The van der Waals surface area contributed by atoms with E-state index < -0.39 is 0 Å². The molecule has 1 N–H and O–H groups in total.